The first-order valence-electron chi connectivity index (χ1n) is 5.37. The number of anilines is 1. The lowest BCUT2D eigenvalue weighted by atomic mass is 10.2. The van der Waals surface area contributed by atoms with Gasteiger partial charge in [0, 0.05) is 16.6 Å². The summed E-state index contributed by atoms with van der Waals surface area (Å²) in [6.45, 7) is 2.01. The molecule has 0 saturated carbocycles. The Morgan fingerprint density at radius 3 is 2.71 bits per heavy atom. The van der Waals surface area contributed by atoms with Crippen LogP contribution in [0, 0.1) is 0 Å². The Morgan fingerprint density at radius 2 is 2.12 bits per heavy atom. The van der Waals surface area contributed by atoms with E-state index in [2.05, 4.69) is 21.2 Å². The molecule has 1 rings (SSSR count). The lowest BCUT2D eigenvalue weighted by Crippen LogP contribution is -2.11. The molecule has 0 aliphatic rings. The minimum absolute atomic E-state index is 0.0921. The molecule has 0 unspecified atom stereocenters. The summed E-state index contributed by atoms with van der Waals surface area (Å²) >= 11 is 3.15. The fraction of sp³-hybridized carbons (Fsp3) is 0.333. The van der Waals surface area contributed by atoms with Crippen molar-refractivity contribution in [2.75, 3.05) is 5.32 Å². The molecule has 0 radical (unpaired) electrons. The molecule has 4 nitrogen and oxygen atoms in total. The fourth-order valence-corrected chi connectivity index (χ4v) is 1.74. The molecular formula is C12H14BrNO3. The molecule has 1 amide bonds. The number of nitrogens with one attached hydrogen (secondary N) is 1. The Labute approximate surface area is 108 Å². The first kappa shape index (κ1) is 13.7. The third-order valence-corrected chi connectivity index (χ3v) is 2.93. The second-order valence-corrected chi connectivity index (χ2v) is 4.51. The van der Waals surface area contributed by atoms with Gasteiger partial charge in [-0.15, -0.1) is 0 Å². The lowest BCUT2D eigenvalue weighted by molar-refractivity contribution is -0.116. The van der Waals surface area contributed by atoms with E-state index < -0.39 is 5.97 Å². The van der Waals surface area contributed by atoms with Crippen LogP contribution in [-0.4, -0.2) is 17.0 Å². The van der Waals surface area contributed by atoms with E-state index in [0.717, 1.165) is 12.8 Å². The number of carbonyl (C=O) groups excluding carboxylic acids is 1. The van der Waals surface area contributed by atoms with E-state index in [1.54, 1.807) is 12.1 Å². The summed E-state index contributed by atoms with van der Waals surface area (Å²) in [6.07, 6.45) is 2.23. The summed E-state index contributed by atoms with van der Waals surface area (Å²) in [5, 5.41) is 11.6. The van der Waals surface area contributed by atoms with Gasteiger partial charge < -0.3 is 10.4 Å². The molecule has 0 spiro atoms. The van der Waals surface area contributed by atoms with Crippen molar-refractivity contribution in [1.29, 1.82) is 0 Å². The zero-order valence-electron chi connectivity index (χ0n) is 9.50. The molecule has 0 fully saturated rings. The van der Waals surface area contributed by atoms with Crippen molar-refractivity contribution >= 4 is 33.5 Å². The van der Waals surface area contributed by atoms with Crippen molar-refractivity contribution in [3.05, 3.63) is 28.2 Å². The fourth-order valence-electron chi connectivity index (χ4n) is 1.33. The van der Waals surface area contributed by atoms with Gasteiger partial charge in [-0.2, -0.15) is 0 Å². The third kappa shape index (κ3) is 4.19. The number of halogens is 1. The molecule has 0 bridgehead atoms. The van der Waals surface area contributed by atoms with Crippen LogP contribution >= 0.6 is 15.9 Å². The van der Waals surface area contributed by atoms with Crippen LogP contribution in [0.25, 0.3) is 0 Å². The summed E-state index contributed by atoms with van der Waals surface area (Å²) < 4.78 is 0.497. The number of aromatic carboxylic acids is 1. The van der Waals surface area contributed by atoms with Crippen LogP contribution in [0.1, 0.15) is 36.5 Å². The summed E-state index contributed by atoms with van der Waals surface area (Å²) in [6, 6.07) is 4.72. The zero-order valence-corrected chi connectivity index (χ0v) is 11.1. The quantitative estimate of drug-likeness (QED) is 0.877. The number of rotatable bonds is 5. The monoisotopic (exact) mass is 299 g/mol. The smallest absolute Gasteiger partial charge is 0.336 e. The summed E-state index contributed by atoms with van der Waals surface area (Å²) in [4.78, 5) is 22.4. The predicted molar refractivity (Wildman–Crippen MR) is 69.3 cm³/mol. The Morgan fingerprint density at radius 1 is 1.41 bits per heavy atom. The molecule has 0 heterocycles. The molecule has 0 aromatic heterocycles. The normalized spacial score (nSPS) is 10.0. The molecule has 0 saturated heterocycles. The van der Waals surface area contributed by atoms with Gasteiger partial charge in [-0.3, -0.25) is 4.79 Å². The second-order valence-electron chi connectivity index (χ2n) is 3.65. The highest BCUT2D eigenvalue weighted by atomic mass is 79.9. The van der Waals surface area contributed by atoms with Crippen molar-refractivity contribution in [1.82, 2.24) is 0 Å². The molecule has 2 N–H and O–H groups in total. The molecule has 0 aliphatic carbocycles. The van der Waals surface area contributed by atoms with E-state index in [1.807, 2.05) is 6.92 Å². The Bertz CT molecular complexity index is 432. The molecular weight excluding hydrogens is 286 g/mol. The SMILES string of the molecule is CCCCC(=O)Nc1ccc(Br)c(C(=O)O)c1. The number of benzene rings is 1. The maximum Gasteiger partial charge on any atom is 0.336 e. The average Bonchev–Trinajstić information content (AvgIpc) is 2.28. The van der Waals surface area contributed by atoms with E-state index in [1.165, 1.54) is 6.07 Å². The van der Waals surface area contributed by atoms with Gasteiger partial charge in [0.05, 0.1) is 5.56 Å². The van der Waals surface area contributed by atoms with Gasteiger partial charge in [-0.1, -0.05) is 13.3 Å². The van der Waals surface area contributed by atoms with E-state index in [0.29, 0.717) is 16.6 Å². The molecule has 0 aliphatic heterocycles. The van der Waals surface area contributed by atoms with Gasteiger partial charge in [0.1, 0.15) is 0 Å². The molecule has 0 atom stereocenters. The van der Waals surface area contributed by atoms with E-state index in [4.69, 9.17) is 5.11 Å². The Balaban J connectivity index is 2.75. The van der Waals surface area contributed by atoms with Crippen LogP contribution in [0.4, 0.5) is 5.69 Å². The van der Waals surface area contributed by atoms with E-state index in [9.17, 15) is 9.59 Å². The number of amides is 1. The number of carboxylic acid groups (broad SMARTS) is 1. The maximum atomic E-state index is 11.5. The lowest BCUT2D eigenvalue weighted by Gasteiger charge is -2.06. The van der Waals surface area contributed by atoms with Crippen molar-refractivity contribution in [3.8, 4) is 0 Å². The third-order valence-electron chi connectivity index (χ3n) is 2.24. The standard InChI is InChI=1S/C12H14BrNO3/c1-2-3-4-11(15)14-8-5-6-10(13)9(7-8)12(16)17/h5-7H,2-4H2,1H3,(H,14,15)(H,16,17). The van der Waals surface area contributed by atoms with Crippen LogP contribution < -0.4 is 5.32 Å². The van der Waals surface area contributed by atoms with Gasteiger partial charge >= 0.3 is 5.97 Å². The van der Waals surface area contributed by atoms with Crippen LogP contribution in [0.15, 0.2) is 22.7 Å². The van der Waals surface area contributed by atoms with Gasteiger partial charge in [0.2, 0.25) is 5.91 Å². The van der Waals surface area contributed by atoms with E-state index in [-0.39, 0.29) is 11.5 Å². The van der Waals surface area contributed by atoms with Gasteiger partial charge in [0.25, 0.3) is 0 Å². The minimum atomic E-state index is -1.03. The number of unbranched alkanes of at least 4 members (excludes halogenated alkanes) is 1. The maximum absolute atomic E-state index is 11.5. The molecule has 5 heteroatoms. The summed E-state index contributed by atoms with van der Waals surface area (Å²) in [5.74, 6) is -1.12. The summed E-state index contributed by atoms with van der Waals surface area (Å²) in [5.41, 5.74) is 0.644. The Hall–Kier alpha value is -1.36. The van der Waals surface area contributed by atoms with Crippen molar-refractivity contribution < 1.29 is 14.7 Å². The molecule has 1 aromatic rings. The largest absolute Gasteiger partial charge is 0.478 e. The number of carbonyl (C=O) groups is 2. The van der Waals surface area contributed by atoms with Gasteiger partial charge in [-0.25, -0.2) is 4.79 Å². The highest BCUT2D eigenvalue weighted by molar-refractivity contribution is 9.10. The highest BCUT2D eigenvalue weighted by Crippen LogP contribution is 2.21. The molecule has 17 heavy (non-hydrogen) atoms. The first-order valence-corrected chi connectivity index (χ1v) is 6.16. The average molecular weight is 300 g/mol. The van der Waals surface area contributed by atoms with Crippen molar-refractivity contribution in [2.45, 2.75) is 26.2 Å². The topological polar surface area (TPSA) is 66.4 Å². The minimum Gasteiger partial charge on any atom is -0.478 e. The number of hydrogen-bond donors (Lipinski definition) is 2. The molecule has 92 valence electrons. The van der Waals surface area contributed by atoms with Crippen LogP contribution in [-0.2, 0) is 4.79 Å². The Kier molecular flexibility index (Phi) is 5.15. The van der Waals surface area contributed by atoms with Crippen molar-refractivity contribution in [3.63, 3.8) is 0 Å². The molecule has 1 aromatic carbocycles. The summed E-state index contributed by atoms with van der Waals surface area (Å²) in [7, 11) is 0. The van der Waals surface area contributed by atoms with E-state index >= 15 is 0 Å². The number of carboxylic acids is 1. The zero-order chi connectivity index (χ0) is 12.8. The van der Waals surface area contributed by atoms with Crippen LogP contribution in [0.2, 0.25) is 0 Å². The van der Waals surface area contributed by atoms with Gasteiger partial charge in [-0.05, 0) is 40.5 Å². The van der Waals surface area contributed by atoms with Gasteiger partial charge in [0.15, 0.2) is 0 Å². The first-order chi connectivity index (χ1) is 8.04. The highest BCUT2D eigenvalue weighted by Gasteiger charge is 2.10. The van der Waals surface area contributed by atoms with Crippen LogP contribution in [0.3, 0.4) is 0 Å². The predicted octanol–water partition coefficient (Wildman–Crippen LogP) is 3.28. The van der Waals surface area contributed by atoms with Crippen LogP contribution in [0.5, 0.6) is 0 Å². The second kappa shape index (κ2) is 6.39. The van der Waals surface area contributed by atoms with Crippen molar-refractivity contribution in [2.24, 2.45) is 0 Å². The number of hydrogen-bond acceptors (Lipinski definition) is 2.